The Kier molecular flexibility index (Phi) is 11.4. The molecule has 17 heteroatoms. The Bertz CT molecular complexity index is 2340. The first-order chi connectivity index (χ1) is 28.9. The molecule has 0 amide bonds. The second-order valence-corrected chi connectivity index (χ2v) is 39.2. The molecular weight excluding hydrogens is 991 g/mol. The van der Waals surface area contributed by atoms with Crippen LogP contribution in [-0.4, -0.2) is 64.6 Å². The Morgan fingerprint density at radius 3 is 0.820 bits per heavy atom. The van der Waals surface area contributed by atoms with Gasteiger partial charge in [-0.1, -0.05) is 13.8 Å². The fourth-order valence-corrected chi connectivity index (χ4v) is 25.9. The Morgan fingerprint density at radius 1 is 0.410 bits per heavy atom. The number of carboxylic acid groups (broad SMARTS) is 2. The summed E-state index contributed by atoms with van der Waals surface area (Å²) in [5.41, 5.74) is 4.62. The molecule has 1 radical (unpaired) electrons. The summed E-state index contributed by atoms with van der Waals surface area (Å²) in [5.74, 6) is -0.820. The minimum atomic E-state index is -1.77. The second kappa shape index (κ2) is 15.6. The van der Waals surface area contributed by atoms with Gasteiger partial charge in [-0.25, -0.2) is 9.59 Å². The van der Waals surface area contributed by atoms with Crippen molar-refractivity contribution in [3.05, 3.63) is 39.3 Å². The van der Waals surface area contributed by atoms with Crippen LogP contribution in [0.25, 0.3) is 0 Å². The van der Waals surface area contributed by atoms with Gasteiger partial charge in [0.2, 0.25) is 0 Å². The Balaban J connectivity index is 1.53. The lowest BCUT2D eigenvalue weighted by molar-refractivity contribution is 0.0677. The largest absolute Gasteiger partial charge is 0.478 e. The van der Waals surface area contributed by atoms with E-state index in [0.717, 1.165) is 86.9 Å². The van der Waals surface area contributed by atoms with E-state index in [0.29, 0.717) is 24.2 Å². The maximum atomic E-state index is 13.6. The van der Waals surface area contributed by atoms with Crippen LogP contribution in [-0.2, 0) is 6.50 Å². The minimum absolute atomic E-state index is 0.331. The molecule has 2 N–H and O–H groups in total. The van der Waals surface area contributed by atoms with Crippen molar-refractivity contribution in [2.24, 2.45) is 0 Å². The molecule has 9 rings (SSSR count). The maximum Gasteiger partial charge on any atom is 0.338 e. The minimum Gasteiger partial charge on any atom is -0.478 e. The normalized spacial score (nSPS) is 23.1. The summed E-state index contributed by atoms with van der Waals surface area (Å²) in [6.07, 6.45) is 0. The number of rotatable bonds is 9. The molecule has 0 aromatic heterocycles. The summed E-state index contributed by atoms with van der Waals surface area (Å²) < 4.78 is 17.9. The Hall–Kier alpha value is 0.760. The van der Waals surface area contributed by atoms with E-state index in [1.807, 2.05) is 42.3 Å². The number of fused-ring (bicyclic) bond motifs is 6. The van der Waals surface area contributed by atoms with Crippen molar-refractivity contribution in [1.29, 1.82) is 0 Å². The predicted octanol–water partition coefficient (Wildman–Crippen LogP) is 16.5. The fraction of sp³-hybridized carbons (Fsp3) is 0.523. The Morgan fingerprint density at radius 2 is 0.607 bits per heavy atom. The average molecular weight is 1040 g/mol. The molecule has 61 heavy (non-hydrogen) atoms. The molecular formula is C44H50NO4S12. The van der Waals surface area contributed by atoms with Crippen molar-refractivity contribution in [3.63, 3.8) is 0 Å². The van der Waals surface area contributed by atoms with Gasteiger partial charge in [0.15, 0.2) is 0 Å². The molecule has 327 valence electrons. The van der Waals surface area contributed by atoms with Gasteiger partial charge < -0.3 is 10.2 Å². The first kappa shape index (κ1) is 44.3. The first-order valence-corrected chi connectivity index (χ1v) is 29.8. The molecule has 0 aliphatic carbocycles. The van der Waals surface area contributed by atoms with Gasteiger partial charge in [-0.15, -0.1) is 141 Å². The topological polar surface area (TPSA) is 77.8 Å². The molecule has 6 aliphatic heterocycles. The van der Waals surface area contributed by atoms with Crippen LogP contribution in [0.5, 0.6) is 0 Å². The van der Waals surface area contributed by atoms with E-state index < -0.39 is 18.4 Å². The summed E-state index contributed by atoms with van der Waals surface area (Å²) in [4.78, 5) is 40.3. The number of hydrogen-bond acceptors (Lipinski definition) is 15. The van der Waals surface area contributed by atoms with Gasteiger partial charge in [0.25, 0.3) is 0 Å². The van der Waals surface area contributed by atoms with E-state index in [1.54, 1.807) is 118 Å². The number of hydrogen-bond donors (Lipinski definition) is 2. The molecule has 0 spiro atoms. The van der Waals surface area contributed by atoms with E-state index in [1.165, 1.54) is 0 Å². The van der Waals surface area contributed by atoms with Gasteiger partial charge in [-0.2, -0.15) is 0 Å². The standard InChI is InChI=1S/C44H50NO4S12/c1-15-45(16-2)17-18-25-27(52-39(3,4)50-25)20(28-26(18)51-40(5,6)53-28)19(21-29-33(58-41(7,8)54-29)23(37(46)47)34-30(21)55-42(9,10)59-34)22-31-35(60-43(11,12)56-31)24(38(48)49)36-32(22)57-44(13,14)61-36/h15-17H2,1-14H3,(H,46,47)(H,48,49)/i17D2. The third-order valence-electron chi connectivity index (χ3n) is 10.3. The molecule has 0 saturated heterocycles. The van der Waals surface area contributed by atoms with Crippen LogP contribution in [0.4, 0.5) is 0 Å². The third kappa shape index (κ3) is 8.12. The molecule has 6 heterocycles. The summed E-state index contributed by atoms with van der Waals surface area (Å²) in [6, 6.07) is 0. The van der Waals surface area contributed by atoms with Crippen molar-refractivity contribution in [3.8, 4) is 0 Å². The van der Waals surface area contributed by atoms with Crippen LogP contribution < -0.4 is 0 Å². The van der Waals surface area contributed by atoms with Crippen LogP contribution in [0.3, 0.4) is 0 Å². The molecule has 3 aromatic rings. The van der Waals surface area contributed by atoms with Crippen molar-refractivity contribution in [2.45, 2.75) is 187 Å². The van der Waals surface area contributed by atoms with Crippen molar-refractivity contribution >= 4 is 153 Å². The first-order valence-electron chi connectivity index (χ1n) is 21.0. The van der Waals surface area contributed by atoms with Gasteiger partial charge in [0, 0.05) is 68.0 Å². The number of carbonyl (C=O) groups is 2. The quantitative estimate of drug-likeness (QED) is 0.200. The monoisotopic (exact) mass is 1040 g/mol. The summed E-state index contributed by atoms with van der Waals surface area (Å²) in [6.45, 7) is 29.8. The van der Waals surface area contributed by atoms with E-state index in [4.69, 9.17) is 0 Å². The maximum absolute atomic E-state index is 13.6. The van der Waals surface area contributed by atoms with Crippen molar-refractivity contribution in [2.75, 3.05) is 13.1 Å². The lowest BCUT2D eigenvalue weighted by Crippen LogP contribution is -2.23. The lowest BCUT2D eigenvalue weighted by atomic mass is 9.83. The van der Waals surface area contributed by atoms with Crippen LogP contribution in [0.15, 0.2) is 58.7 Å². The zero-order valence-electron chi connectivity index (χ0n) is 38.5. The molecule has 0 saturated carbocycles. The van der Waals surface area contributed by atoms with Crippen LogP contribution in [0.2, 0.25) is 0 Å². The van der Waals surface area contributed by atoms with Crippen LogP contribution in [0.1, 0.15) is 143 Å². The summed E-state index contributed by atoms with van der Waals surface area (Å²) in [5, 5.41) is 22.3. The highest BCUT2D eigenvalue weighted by atomic mass is 32.2. The molecule has 5 nitrogen and oxygen atoms in total. The molecule has 0 unspecified atom stereocenters. The predicted molar refractivity (Wildman–Crippen MR) is 275 cm³/mol. The second-order valence-electron chi connectivity index (χ2n) is 18.1. The van der Waals surface area contributed by atoms with Crippen molar-refractivity contribution < 1.29 is 22.5 Å². The van der Waals surface area contributed by atoms with Gasteiger partial charge in [0.05, 0.1) is 41.5 Å². The average Bonchev–Trinajstić information content (AvgIpc) is 3.92. The molecule has 0 fully saturated rings. The number of carboxylic acids is 2. The van der Waals surface area contributed by atoms with E-state index in [-0.39, 0.29) is 24.5 Å². The summed E-state index contributed by atoms with van der Waals surface area (Å²) >= 11 is 20.6. The van der Waals surface area contributed by atoms with Gasteiger partial charge in [-0.05, 0) is 118 Å². The van der Waals surface area contributed by atoms with Crippen molar-refractivity contribution in [1.82, 2.24) is 4.90 Å². The molecule has 0 bridgehead atoms. The third-order valence-corrected chi connectivity index (χ3v) is 27.4. The van der Waals surface area contributed by atoms with Gasteiger partial charge >= 0.3 is 11.9 Å². The smallest absolute Gasteiger partial charge is 0.338 e. The zero-order chi connectivity index (χ0) is 46.1. The lowest BCUT2D eigenvalue weighted by Gasteiger charge is -2.31. The van der Waals surface area contributed by atoms with E-state index >= 15 is 0 Å². The molecule has 3 aromatic carbocycles. The number of benzene rings is 3. The fourth-order valence-electron chi connectivity index (χ4n) is 8.31. The van der Waals surface area contributed by atoms with Gasteiger partial charge in [-0.3, -0.25) is 4.90 Å². The number of aromatic carboxylic acids is 2. The summed E-state index contributed by atoms with van der Waals surface area (Å²) in [7, 11) is 0. The highest BCUT2D eigenvalue weighted by Crippen LogP contribution is 2.74. The number of thioether (sulfide) groups is 12. The van der Waals surface area contributed by atoms with E-state index in [9.17, 15) is 22.5 Å². The van der Waals surface area contributed by atoms with E-state index in [2.05, 4.69) is 83.1 Å². The Labute approximate surface area is 415 Å². The van der Waals surface area contributed by atoms with Crippen LogP contribution in [0, 0.1) is 5.92 Å². The zero-order valence-corrected chi connectivity index (χ0v) is 46.3. The highest BCUT2D eigenvalue weighted by molar-refractivity contribution is 8.23. The number of nitrogens with zero attached hydrogens (tertiary/aromatic N) is 1. The molecule has 6 aliphatic rings. The highest BCUT2D eigenvalue weighted by Gasteiger charge is 2.53. The van der Waals surface area contributed by atoms with Crippen LogP contribution >= 0.6 is 141 Å². The SMILES string of the molecule is [2H]C([2H])(c1c2c(c([C](c3c4c(c(C(=O)O)c5c3SC(C)(C)S5)SC(C)(C)S4)c3c4c(c(C(=O)O)c5c3SC(C)(C)S5)SC(C)(C)S4)c3c1SC(C)(C)S3)SC(C)(C)S2)N(CC)CC. The van der Waals surface area contributed by atoms with Gasteiger partial charge in [0.1, 0.15) is 0 Å². The molecule has 0 atom stereocenters.